The first-order valence-electron chi connectivity index (χ1n) is 10.6. The fourth-order valence-corrected chi connectivity index (χ4v) is 3.77. The van der Waals surface area contributed by atoms with E-state index in [4.69, 9.17) is 9.15 Å². The lowest BCUT2D eigenvalue weighted by atomic mass is 9.98. The molecule has 1 atom stereocenters. The van der Waals surface area contributed by atoms with Crippen molar-refractivity contribution < 1.29 is 9.15 Å². The van der Waals surface area contributed by atoms with Crippen molar-refractivity contribution in [1.29, 1.82) is 5.26 Å². The lowest BCUT2D eigenvalue weighted by Gasteiger charge is -2.35. The molecule has 1 aliphatic rings. The molecule has 2 aromatic heterocycles. The summed E-state index contributed by atoms with van der Waals surface area (Å²) in [5.74, 6) is 1.27. The topological polar surface area (TPSA) is 87.2 Å². The van der Waals surface area contributed by atoms with Crippen LogP contribution in [0.1, 0.15) is 42.6 Å². The predicted octanol–water partition coefficient (Wildman–Crippen LogP) is 4.22. The van der Waals surface area contributed by atoms with Crippen LogP contribution < -0.4 is 5.32 Å². The van der Waals surface area contributed by atoms with Crippen LogP contribution in [0.2, 0.25) is 0 Å². The van der Waals surface area contributed by atoms with Gasteiger partial charge in [-0.1, -0.05) is 38.1 Å². The van der Waals surface area contributed by atoms with Crippen LogP contribution in [0, 0.1) is 11.3 Å². The zero-order valence-electron chi connectivity index (χ0n) is 17.9. The lowest BCUT2D eigenvalue weighted by molar-refractivity contribution is 0.0186. The van der Waals surface area contributed by atoms with Crippen LogP contribution in [0.3, 0.4) is 0 Å². The molecule has 0 radical (unpaired) electrons. The number of nitrogens with one attached hydrogen (secondary N) is 1. The highest BCUT2D eigenvalue weighted by Gasteiger charge is 2.24. The third-order valence-electron chi connectivity index (χ3n) is 5.57. The Kier molecular flexibility index (Phi) is 6.60. The summed E-state index contributed by atoms with van der Waals surface area (Å²) in [5.41, 5.74) is 3.53. The molecule has 1 N–H and O–H groups in total. The molecule has 31 heavy (non-hydrogen) atoms. The lowest BCUT2D eigenvalue weighted by Crippen LogP contribution is -2.41. The third kappa shape index (κ3) is 4.93. The number of hydrogen-bond acceptors (Lipinski definition) is 7. The smallest absolute Gasteiger partial charge is 0.232 e. The molecule has 1 fully saturated rings. The molecule has 7 heteroatoms. The molecule has 0 bridgehead atoms. The minimum absolute atomic E-state index is 0.128. The van der Waals surface area contributed by atoms with E-state index in [0.29, 0.717) is 24.2 Å². The zero-order chi connectivity index (χ0) is 21.6. The van der Waals surface area contributed by atoms with Crippen LogP contribution in [0.25, 0.3) is 11.5 Å². The van der Waals surface area contributed by atoms with Gasteiger partial charge >= 0.3 is 0 Å². The number of nitrogens with zero attached hydrogens (tertiary/aromatic N) is 4. The number of nitriles is 1. The van der Waals surface area contributed by atoms with Gasteiger partial charge in [-0.3, -0.25) is 9.88 Å². The summed E-state index contributed by atoms with van der Waals surface area (Å²) < 4.78 is 11.4. The highest BCUT2D eigenvalue weighted by molar-refractivity contribution is 5.57. The van der Waals surface area contributed by atoms with Crippen molar-refractivity contribution in [3.8, 4) is 17.5 Å². The van der Waals surface area contributed by atoms with Crippen LogP contribution in [-0.2, 0) is 4.74 Å². The molecule has 3 aromatic rings. The Balaban J connectivity index is 1.56. The second-order valence-electron chi connectivity index (χ2n) is 7.92. The van der Waals surface area contributed by atoms with Gasteiger partial charge in [-0.25, -0.2) is 0 Å². The van der Waals surface area contributed by atoms with Crippen molar-refractivity contribution in [2.75, 3.05) is 38.2 Å². The van der Waals surface area contributed by atoms with Crippen molar-refractivity contribution in [2.45, 2.75) is 25.8 Å². The first-order valence-corrected chi connectivity index (χ1v) is 10.6. The first-order chi connectivity index (χ1) is 15.2. The molecule has 1 saturated heterocycles. The van der Waals surface area contributed by atoms with Crippen molar-refractivity contribution in [1.82, 2.24) is 14.9 Å². The molecular formula is C24H27N5O2. The maximum atomic E-state index is 9.54. The highest BCUT2D eigenvalue weighted by Crippen LogP contribution is 2.28. The Morgan fingerprint density at radius 3 is 2.52 bits per heavy atom. The molecular weight excluding hydrogens is 390 g/mol. The third-order valence-corrected chi connectivity index (χ3v) is 5.57. The number of hydrogen-bond donors (Lipinski definition) is 1. The summed E-state index contributed by atoms with van der Waals surface area (Å²) in [6, 6.07) is 14.7. The Hall–Kier alpha value is -3.21. The average Bonchev–Trinajstić information content (AvgIpc) is 3.24. The van der Waals surface area contributed by atoms with E-state index in [-0.39, 0.29) is 11.7 Å². The monoisotopic (exact) mass is 417 g/mol. The van der Waals surface area contributed by atoms with Gasteiger partial charge in [0.2, 0.25) is 17.5 Å². The molecule has 1 aliphatic heterocycles. The Bertz CT molecular complexity index is 1020. The summed E-state index contributed by atoms with van der Waals surface area (Å²) in [6.45, 7) is 8.15. The van der Waals surface area contributed by atoms with E-state index in [1.807, 2.05) is 12.1 Å². The molecule has 0 aliphatic carbocycles. The SMILES string of the molecule is CC(C)c1ccc(C(CNc2oc(-c3cccnc3)nc2C#N)N2CCOCC2)cc1. The van der Waals surface area contributed by atoms with Crippen LogP contribution in [-0.4, -0.2) is 47.7 Å². The number of ether oxygens (including phenoxy) is 1. The molecule has 3 heterocycles. The predicted molar refractivity (Wildman–Crippen MR) is 119 cm³/mol. The van der Waals surface area contributed by atoms with Gasteiger partial charge in [0.25, 0.3) is 0 Å². The van der Waals surface area contributed by atoms with E-state index in [2.05, 4.69) is 64.4 Å². The van der Waals surface area contributed by atoms with Crippen LogP contribution >= 0.6 is 0 Å². The number of oxazole rings is 1. The number of anilines is 1. The molecule has 1 unspecified atom stereocenters. The normalized spacial score (nSPS) is 15.5. The summed E-state index contributed by atoms with van der Waals surface area (Å²) in [4.78, 5) is 10.8. The molecule has 1 aromatic carbocycles. The fourth-order valence-electron chi connectivity index (χ4n) is 3.77. The minimum atomic E-state index is 0.128. The molecule has 7 nitrogen and oxygen atoms in total. The summed E-state index contributed by atoms with van der Waals surface area (Å²) >= 11 is 0. The van der Waals surface area contributed by atoms with E-state index in [1.165, 1.54) is 11.1 Å². The van der Waals surface area contributed by atoms with E-state index in [1.54, 1.807) is 12.4 Å². The van der Waals surface area contributed by atoms with Crippen molar-refractivity contribution in [3.63, 3.8) is 0 Å². The van der Waals surface area contributed by atoms with Gasteiger partial charge in [-0.15, -0.1) is 0 Å². The largest absolute Gasteiger partial charge is 0.419 e. The molecule has 0 amide bonds. The van der Waals surface area contributed by atoms with Crippen molar-refractivity contribution in [2.24, 2.45) is 0 Å². The van der Waals surface area contributed by atoms with E-state index >= 15 is 0 Å². The quantitative estimate of drug-likeness (QED) is 0.616. The maximum absolute atomic E-state index is 9.54. The maximum Gasteiger partial charge on any atom is 0.232 e. The Morgan fingerprint density at radius 1 is 1.13 bits per heavy atom. The van der Waals surface area contributed by atoms with Gasteiger partial charge in [0.05, 0.1) is 24.8 Å². The fraction of sp³-hybridized carbons (Fsp3) is 0.375. The van der Waals surface area contributed by atoms with E-state index in [0.717, 1.165) is 31.9 Å². The molecule has 160 valence electrons. The number of rotatable bonds is 7. The van der Waals surface area contributed by atoms with Gasteiger partial charge in [0, 0.05) is 32.0 Å². The summed E-state index contributed by atoms with van der Waals surface area (Å²) in [6.07, 6.45) is 3.36. The number of benzene rings is 1. The Labute approximate surface area is 182 Å². The average molecular weight is 418 g/mol. The second kappa shape index (κ2) is 9.73. The second-order valence-corrected chi connectivity index (χ2v) is 7.92. The Morgan fingerprint density at radius 2 is 1.87 bits per heavy atom. The number of pyridine rings is 1. The zero-order valence-corrected chi connectivity index (χ0v) is 17.9. The van der Waals surface area contributed by atoms with Gasteiger partial charge in [0.15, 0.2) is 0 Å². The summed E-state index contributed by atoms with van der Waals surface area (Å²) in [7, 11) is 0. The summed E-state index contributed by atoms with van der Waals surface area (Å²) in [5, 5.41) is 12.9. The molecule has 4 rings (SSSR count). The molecule has 0 saturated carbocycles. The van der Waals surface area contributed by atoms with Crippen LogP contribution in [0.15, 0.2) is 53.2 Å². The van der Waals surface area contributed by atoms with Gasteiger partial charge in [-0.05, 0) is 29.2 Å². The van der Waals surface area contributed by atoms with Gasteiger partial charge < -0.3 is 14.5 Å². The van der Waals surface area contributed by atoms with Gasteiger partial charge in [-0.2, -0.15) is 10.2 Å². The van der Waals surface area contributed by atoms with Crippen molar-refractivity contribution in [3.05, 3.63) is 65.6 Å². The minimum Gasteiger partial charge on any atom is -0.419 e. The van der Waals surface area contributed by atoms with E-state index in [9.17, 15) is 5.26 Å². The molecule has 0 spiro atoms. The number of aromatic nitrogens is 2. The van der Waals surface area contributed by atoms with Gasteiger partial charge in [0.1, 0.15) is 6.07 Å². The first kappa shape index (κ1) is 21.0. The number of morpholine rings is 1. The van der Waals surface area contributed by atoms with Crippen LogP contribution in [0.5, 0.6) is 0 Å². The van der Waals surface area contributed by atoms with Crippen molar-refractivity contribution >= 4 is 5.88 Å². The highest BCUT2D eigenvalue weighted by atomic mass is 16.5. The van der Waals surface area contributed by atoms with Crippen LogP contribution in [0.4, 0.5) is 5.88 Å². The standard InChI is InChI=1S/C24H27N5O2/c1-17(2)18-5-7-19(8-6-18)22(29-10-12-30-13-11-29)16-27-24-21(14-25)28-23(31-24)20-4-3-9-26-15-20/h3-9,15,17,22,27H,10-13,16H2,1-2H3. The van der Waals surface area contributed by atoms with E-state index < -0.39 is 0 Å².